The van der Waals surface area contributed by atoms with E-state index in [0.29, 0.717) is 30.1 Å². The van der Waals surface area contributed by atoms with E-state index in [-0.39, 0.29) is 11.9 Å². The minimum atomic E-state index is -0.388. The highest BCUT2D eigenvalue weighted by atomic mass is 16.5. The van der Waals surface area contributed by atoms with Crippen LogP contribution in [0.15, 0.2) is 67.0 Å². The molecule has 0 spiro atoms. The van der Waals surface area contributed by atoms with Gasteiger partial charge in [0.1, 0.15) is 17.2 Å². The van der Waals surface area contributed by atoms with Crippen LogP contribution in [0.4, 0.5) is 0 Å². The minimum absolute atomic E-state index is 0.0956. The van der Waals surface area contributed by atoms with Gasteiger partial charge in [0.15, 0.2) is 11.9 Å². The third kappa shape index (κ3) is 3.49. The number of fused-ring (bicyclic) bond motifs is 1. The molecule has 136 valence electrons. The molecule has 1 unspecified atom stereocenters. The van der Waals surface area contributed by atoms with Crippen molar-refractivity contribution >= 4 is 5.78 Å². The van der Waals surface area contributed by atoms with E-state index in [9.17, 15) is 4.79 Å². The molecular formula is C22H19NO4. The molecule has 4 rings (SSSR count). The Morgan fingerprint density at radius 2 is 1.89 bits per heavy atom. The maximum absolute atomic E-state index is 12.0. The summed E-state index contributed by atoms with van der Waals surface area (Å²) in [5, 5.41) is 0. The molecule has 5 heteroatoms. The fourth-order valence-corrected chi connectivity index (χ4v) is 3.18. The van der Waals surface area contributed by atoms with Crippen molar-refractivity contribution in [2.75, 3.05) is 13.7 Å². The Morgan fingerprint density at radius 3 is 2.70 bits per heavy atom. The zero-order chi connectivity index (χ0) is 18.6. The number of hydrogen-bond acceptors (Lipinski definition) is 5. The van der Waals surface area contributed by atoms with Gasteiger partial charge in [0.05, 0.1) is 19.3 Å². The quantitative estimate of drug-likeness (QED) is 0.681. The second kappa shape index (κ2) is 7.50. The Hall–Kier alpha value is -3.34. The average Bonchev–Trinajstić information content (AvgIpc) is 2.73. The molecule has 0 N–H and O–H groups in total. The zero-order valence-corrected chi connectivity index (χ0v) is 14.9. The van der Waals surface area contributed by atoms with Gasteiger partial charge in [0, 0.05) is 36.0 Å². The molecule has 3 aromatic rings. The molecule has 0 amide bonds. The highest BCUT2D eigenvalue weighted by molar-refractivity contribution is 5.99. The lowest BCUT2D eigenvalue weighted by Crippen LogP contribution is -2.16. The van der Waals surface area contributed by atoms with Gasteiger partial charge >= 0.3 is 0 Å². The van der Waals surface area contributed by atoms with Gasteiger partial charge in [-0.1, -0.05) is 18.2 Å². The number of carbonyl (C=O) groups excluding carboxylic acids is 1. The van der Waals surface area contributed by atoms with Crippen molar-refractivity contribution in [3.8, 4) is 17.2 Å². The van der Waals surface area contributed by atoms with Gasteiger partial charge in [-0.2, -0.15) is 0 Å². The molecule has 2 heterocycles. The van der Waals surface area contributed by atoms with Gasteiger partial charge in [-0.05, 0) is 30.3 Å². The van der Waals surface area contributed by atoms with E-state index < -0.39 is 0 Å². The molecule has 27 heavy (non-hydrogen) atoms. The summed E-state index contributed by atoms with van der Waals surface area (Å²) in [6.07, 6.45) is 3.49. The minimum Gasteiger partial charge on any atom is -0.496 e. The number of para-hydroxylation sites is 1. The maximum Gasteiger partial charge on any atom is 0.169 e. The Labute approximate surface area is 157 Å². The van der Waals surface area contributed by atoms with Crippen LogP contribution >= 0.6 is 0 Å². The van der Waals surface area contributed by atoms with Crippen molar-refractivity contribution in [3.63, 3.8) is 0 Å². The molecule has 0 radical (unpaired) electrons. The van der Waals surface area contributed by atoms with Gasteiger partial charge in [-0.3, -0.25) is 9.78 Å². The van der Waals surface area contributed by atoms with E-state index in [2.05, 4.69) is 4.98 Å². The van der Waals surface area contributed by atoms with Crippen LogP contribution in [0.3, 0.4) is 0 Å². The van der Waals surface area contributed by atoms with Crippen molar-refractivity contribution in [2.45, 2.75) is 12.5 Å². The van der Waals surface area contributed by atoms with Crippen molar-refractivity contribution in [1.82, 2.24) is 4.98 Å². The van der Waals surface area contributed by atoms with E-state index >= 15 is 0 Å². The Balaban J connectivity index is 1.73. The molecule has 5 nitrogen and oxygen atoms in total. The first-order chi connectivity index (χ1) is 13.3. The number of benzene rings is 2. The first-order valence-corrected chi connectivity index (χ1v) is 8.76. The van der Waals surface area contributed by atoms with E-state index in [1.54, 1.807) is 37.7 Å². The number of hydrogen-bond donors (Lipinski definition) is 0. The van der Waals surface area contributed by atoms with Crippen LogP contribution in [-0.2, 0) is 0 Å². The molecule has 0 saturated heterocycles. The second-order valence-electron chi connectivity index (χ2n) is 6.20. The van der Waals surface area contributed by atoms with E-state index in [0.717, 1.165) is 16.9 Å². The van der Waals surface area contributed by atoms with Crippen LogP contribution in [0.25, 0.3) is 0 Å². The van der Waals surface area contributed by atoms with Crippen LogP contribution in [-0.4, -0.2) is 24.5 Å². The third-order valence-corrected chi connectivity index (χ3v) is 4.52. The fraction of sp³-hybridized carbons (Fsp3) is 0.182. The van der Waals surface area contributed by atoms with Crippen LogP contribution in [0.2, 0.25) is 0 Å². The summed E-state index contributed by atoms with van der Waals surface area (Å²) in [4.78, 5) is 16.1. The lowest BCUT2D eigenvalue weighted by atomic mass is 10.0. The molecule has 1 aliphatic heterocycles. The normalized spacial score (nSPS) is 14.0. The molecule has 0 bridgehead atoms. The highest BCUT2D eigenvalue weighted by Gasteiger charge is 2.23. The number of aromatic nitrogens is 1. The molecule has 0 fully saturated rings. The zero-order valence-electron chi connectivity index (χ0n) is 14.9. The topological polar surface area (TPSA) is 57.7 Å². The predicted molar refractivity (Wildman–Crippen MR) is 101 cm³/mol. The van der Waals surface area contributed by atoms with Gasteiger partial charge in [0.2, 0.25) is 0 Å². The van der Waals surface area contributed by atoms with Crippen molar-refractivity contribution in [1.29, 1.82) is 0 Å². The molecule has 1 aromatic heterocycles. The summed E-state index contributed by atoms with van der Waals surface area (Å²) < 4.78 is 17.5. The summed E-state index contributed by atoms with van der Waals surface area (Å²) in [6, 6.07) is 16.9. The number of rotatable bonds is 5. The standard InChI is InChI=1S/C22H19NO4/c1-25-20-5-3-2-4-18(20)22(15-8-11-23-12-9-15)27-16-6-7-17-19(24)10-13-26-21(17)14-16/h2-9,11-12,14,22H,10,13H2,1H3. The number of carbonyl (C=O) groups is 1. The first-order valence-electron chi connectivity index (χ1n) is 8.76. The number of ketones is 1. The largest absolute Gasteiger partial charge is 0.496 e. The Kier molecular flexibility index (Phi) is 4.75. The van der Waals surface area contributed by atoms with Crippen LogP contribution < -0.4 is 14.2 Å². The molecule has 0 aliphatic carbocycles. The summed E-state index contributed by atoms with van der Waals surface area (Å²) >= 11 is 0. The fourth-order valence-electron chi connectivity index (χ4n) is 3.18. The number of nitrogens with zero attached hydrogens (tertiary/aromatic N) is 1. The Morgan fingerprint density at radius 1 is 1.07 bits per heavy atom. The van der Waals surface area contributed by atoms with Gasteiger partial charge in [0.25, 0.3) is 0 Å². The highest BCUT2D eigenvalue weighted by Crippen LogP contribution is 2.36. The second-order valence-corrected chi connectivity index (χ2v) is 6.20. The molecule has 2 aromatic carbocycles. The molecule has 1 aliphatic rings. The lowest BCUT2D eigenvalue weighted by molar-refractivity contribution is 0.0933. The number of methoxy groups -OCH3 is 1. The number of pyridine rings is 1. The van der Waals surface area contributed by atoms with Crippen molar-refractivity contribution < 1.29 is 19.0 Å². The van der Waals surface area contributed by atoms with Crippen LogP contribution in [0.5, 0.6) is 17.2 Å². The SMILES string of the molecule is COc1ccccc1C(Oc1ccc2c(c1)OCCC2=O)c1ccncc1. The first kappa shape index (κ1) is 17.1. The van der Waals surface area contributed by atoms with E-state index in [4.69, 9.17) is 14.2 Å². The maximum atomic E-state index is 12.0. The number of Topliss-reactive ketones (excluding diaryl/α,β-unsaturated/α-hetero) is 1. The molecular weight excluding hydrogens is 342 g/mol. The monoisotopic (exact) mass is 361 g/mol. The summed E-state index contributed by atoms with van der Waals surface area (Å²) in [7, 11) is 1.64. The lowest BCUT2D eigenvalue weighted by Gasteiger charge is -2.23. The Bertz CT molecular complexity index is 956. The van der Waals surface area contributed by atoms with Crippen LogP contribution in [0, 0.1) is 0 Å². The van der Waals surface area contributed by atoms with E-state index in [1.807, 2.05) is 36.4 Å². The summed E-state index contributed by atoms with van der Waals surface area (Å²) in [5.74, 6) is 2.02. The van der Waals surface area contributed by atoms with Crippen LogP contribution in [0.1, 0.15) is 34.0 Å². The molecule has 1 atom stereocenters. The smallest absolute Gasteiger partial charge is 0.169 e. The number of ether oxygens (including phenoxy) is 3. The summed E-state index contributed by atoms with van der Waals surface area (Å²) in [6.45, 7) is 0.398. The van der Waals surface area contributed by atoms with Crippen molar-refractivity contribution in [3.05, 3.63) is 83.7 Å². The van der Waals surface area contributed by atoms with Gasteiger partial charge < -0.3 is 14.2 Å². The van der Waals surface area contributed by atoms with Gasteiger partial charge in [-0.25, -0.2) is 0 Å². The predicted octanol–water partition coefficient (Wildman–Crippen LogP) is 4.22. The van der Waals surface area contributed by atoms with Crippen molar-refractivity contribution in [2.24, 2.45) is 0 Å². The van der Waals surface area contributed by atoms with Gasteiger partial charge in [-0.15, -0.1) is 0 Å². The molecule has 0 saturated carbocycles. The van der Waals surface area contributed by atoms with E-state index in [1.165, 1.54) is 0 Å². The average molecular weight is 361 g/mol. The summed E-state index contributed by atoms with van der Waals surface area (Å²) in [5.41, 5.74) is 2.46. The third-order valence-electron chi connectivity index (χ3n) is 4.52.